The first kappa shape index (κ1) is 15.2. The molecule has 0 aliphatic heterocycles. The summed E-state index contributed by atoms with van der Waals surface area (Å²) >= 11 is -2.16. The van der Waals surface area contributed by atoms with Crippen molar-refractivity contribution in [1.29, 1.82) is 0 Å². The van der Waals surface area contributed by atoms with Crippen molar-refractivity contribution >= 4 is 22.7 Å². The number of rotatable bonds is 3. The molecule has 82 valence electrons. The van der Waals surface area contributed by atoms with Crippen LogP contribution in [-0.2, 0) is 11.1 Å². The number of aliphatic imine (C=N–C) groups is 1. The Kier molecular flexibility index (Phi) is 6.37. The van der Waals surface area contributed by atoms with Crippen molar-refractivity contribution in [3.8, 4) is 5.75 Å². The van der Waals surface area contributed by atoms with Crippen LogP contribution in [0.1, 0.15) is 6.92 Å². The van der Waals surface area contributed by atoms with Crippen molar-refractivity contribution in [1.82, 2.24) is 0 Å². The van der Waals surface area contributed by atoms with Crippen molar-refractivity contribution in [2.24, 2.45) is 4.99 Å². The third kappa shape index (κ3) is 3.65. The molecule has 16 heavy (non-hydrogen) atoms. The first-order chi connectivity index (χ1) is 7.06. The Labute approximate surface area is 108 Å². The van der Waals surface area contributed by atoms with Crippen LogP contribution in [0.4, 0.5) is 5.69 Å². The molecular weight excluding hydrogens is 225 g/mol. The normalized spacial score (nSPS) is 12.8. The summed E-state index contributed by atoms with van der Waals surface area (Å²) in [5.74, 6) is -0.247. The van der Waals surface area contributed by atoms with Crippen LogP contribution in [-0.4, -0.2) is 21.8 Å². The Bertz CT molecular complexity index is 418. The second kappa shape index (κ2) is 6.71. The maximum absolute atomic E-state index is 10.9. The van der Waals surface area contributed by atoms with Gasteiger partial charge >= 0.3 is 18.9 Å². The summed E-state index contributed by atoms with van der Waals surface area (Å²) in [6.07, 6.45) is 0. The second-order valence-corrected chi connectivity index (χ2v) is 3.63. The van der Waals surface area contributed by atoms with Crippen LogP contribution in [0.2, 0.25) is 0 Å². The fourth-order valence-electron chi connectivity index (χ4n) is 1.10. The van der Waals surface area contributed by atoms with E-state index in [-0.39, 0.29) is 35.2 Å². The maximum Gasteiger partial charge on any atom is 1.00 e. The van der Waals surface area contributed by atoms with Gasteiger partial charge in [-0.05, 0) is 25.0 Å². The zero-order valence-corrected chi connectivity index (χ0v) is 10.1. The van der Waals surface area contributed by atoms with Crippen molar-refractivity contribution in [3.05, 3.63) is 18.2 Å². The van der Waals surface area contributed by atoms with E-state index in [4.69, 9.17) is 9.29 Å². The molecule has 0 saturated heterocycles. The molecule has 0 aliphatic rings. The third-order valence-electron chi connectivity index (χ3n) is 1.63. The summed E-state index contributed by atoms with van der Waals surface area (Å²) in [6.45, 7) is 1.29. The van der Waals surface area contributed by atoms with Crippen molar-refractivity contribution in [2.45, 2.75) is 11.8 Å². The van der Waals surface area contributed by atoms with Crippen LogP contribution < -0.4 is 28.7 Å². The molecule has 1 unspecified atom stereocenters. The van der Waals surface area contributed by atoms with Gasteiger partial charge in [-0.3, -0.25) is 4.99 Å². The van der Waals surface area contributed by atoms with E-state index in [1.807, 2.05) is 0 Å². The SMILES string of the molecule is COc1c(N=C(C)[O-])cccc1S(=O)O.[Li+]. The van der Waals surface area contributed by atoms with Crippen LogP contribution in [0.15, 0.2) is 28.1 Å². The molecule has 0 aromatic heterocycles. The zero-order valence-electron chi connectivity index (χ0n) is 9.26. The van der Waals surface area contributed by atoms with Gasteiger partial charge in [0.2, 0.25) is 0 Å². The molecule has 0 spiro atoms. The molecule has 0 amide bonds. The number of nitrogens with zero attached hydrogens (tertiary/aromatic N) is 1. The van der Waals surface area contributed by atoms with E-state index in [9.17, 15) is 9.32 Å². The first-order valence-corrected chi connectivity index (χ1v) is 5.17. The molecular formula is C9H10LiNO4S. The summed E-state index contributed by atoms with van der Waals surface area (Å²) < 4.78 is 24.8. The second-order valence-electron chi connectivity index (χ2n) is 2.69. The Morgan fingerprint density at radius 1 is 1.56 bits per heavy atom. The molecule has 1 atom stereocenters. The fourth-order valence-corrected chi connectivity index (χ4v) is 1.65. The monoisotopic (exact) mass is 235 g/mol. The Morgan fingerprint density at radius 2 is 2.19 bits per heavy atom. The summed E-state index contributed by atoms with van der Waals surface area (Å²) in [4.78, 5) is 3.76. The maximum atomic E-state index is 10.9. The Morgan fingerprint density at radius 3 is 2.62 bits per heavy atom. The topological polar surface area (TPSA) is 82.0 Å². The van der Waals surface area contributed by atoms with Gasteiger partial charge in [0, 0.05) is 0 Å². The van der Waals surface area contributed by atoms with Gasteiger partial charge in [0.25, 0.3) is 0 Å². The van der Waals surface area contributed by atoms with E-state index in [0.29, 0.717) is 0 Å². The molecule has 1 N–H and O–H groups in total. The van der Waals surface area contributed by atoms with E-state index in [0.717, 1.165) is 0 Å². The molecule has 5 nitrogen and oxygen atoms in total. The number of para-hydroxylation sites is 1. The number of ether oxygens (including phenoxy) is 1. The quantitative estimate of drug-likeness (QED) is 0.276. The minimum atomic E-state index is -2.16. The fraction of sp³-hybridized carbons (Fsp3) is 0.222. The Balaban J connectivity index is 0.00000225. The number of methoxy groups -OCH3 is 1. The summed E-state index contributed by atoms with van der Waals surface area (Å²) in [7, 11) is 1.35. The van der Waals surface area contributed by atoms with Crippen LogP contribution in [0, 0.1) is 0 Å². The molecule has 0 heterocycles. The molecule has 1 rings (SSSR count). The summed E-state index contributed by atoms with van der Waals surface area (Å²) in [5.41, 5.74) is 0.255. The van der Waals surface area contributed by atoms with Gasteiger partial charge in [0.15, 0.2) is 16.8 Å². The molecule has 0 bridgehead atoms. The van der Waals surface area contributed by atoms with Crippen LogP contribution in [0.5, 0.6) is 5.75 Å². The summed E-state index contributed by atoms with van der Waals surface area (Å²) in [6, 6.07) is 4.51. The minimum Gasteiger partial charge on any atom is -0.862 e. The number of benzene rings is 1. The van der Waals surface area contributed by atoms with Gasteiger partial charge in [-0.1, -0.05) is 6.07 Å². The predicted octanol–water partition coefficient (Wildman–Crippen LogP) is -2.31. The molecule has 0 radical (unpaired) electrons. The standard InChI is InChI=1S/C9H11NO4S.Li/c1-6(11)10-7-4-3-5-8(15(12)13)9(7)14-2;/h3-5H,1-2H3,(H,10,11)(H,12,13);/q;+1/p-1. The average Bonchev–Trinajstić information content (AvgIpc) is 2.16. The van der Waals surface area contributed by atoms with Gasteiger partial charge in [-0.25, -0.2) is 4.21 Å². The van der Waals surface area contributed by atoms with Gasteiger partial charge in [-0.15, -0.1) is 0 Å². The number of hydrogen-bond acceptors (Lipinski definition) is 4. The molecule has 0 saturated carbocycles. The summed E-state index contributed by atoms with van der Waals surface area (Å²) in [5, 5.41) is 10.8. The van der Waals surface area contributed by atoms with E-state index in [2.05, 4.69) is 4.99 Å². The third-order valence-corrected chi connectivity index (χ3v) is 2.33. The van der Waals surface area contributed by atoms with Crippen LogP contribution in [0.25, 0.3) is 0 Å². The van der Waals surface area contributed by atoms with Crippen LogP contribution >= 0.6 is 0 Å². The van der Waals surface area contributed by atoms with Crippen molar-refractivity contribution in [2.75, 3.05) is 7.11 Å². The molecule has 7 heteroatoms. The van der Waals surface area contributed by atoms with Gasteiger partial charge in [0.05, 0.1) is 7.11 Å². The van der Waals surface area contributed by atoms with E-state index < -0.39 is 17.0 Å². The average molecular weight is 235 g/mol. The van der Waals surface area contributed by atoms with E-state index >= 15 is 0 Å². The molecule has 1 aromatic carbocycles. The zero-order chi connectivity index (χ0) is 11.4. The van der Waals surface area contributed by atoms with Gasteiger partial charge in [-0.2, -0.15) is 0 Å². The van der Waals surface area contributed by atoms with Crippen LogP contribution in [0.3, 0.4) is 0 Å². The molecule has 1 aromatic rings. The molecule has 0 aliphatic carbocycles. The van der Waals surface area contributed by atoms with Gasteiger partial charge < -0.3 is 14.4 Å². The minimum absolute atomic E-state index is 0. The molecule has 0 fully saturated rings. The Hall–Kier alpha value is -0.803. The predicted molar refractivity (Wildman–Crippen MR) is 54.8 cm³/mol. The first-order valence-electron chi connectivity index (χ1n) is 4.06. The smallest absolute Gasteiger partial charge is 0.862 e. The number of hydrogen-bond donors (Lipinski definition) is 1. The van der Waals surface area contributed by atoms with E-state index in [1.165, 1.54) is 32.2 Å². The van der Waals surface area contributed by atoms with Gasteiger partial charge in [0.1, 0.15) is 10.6 Å². The van der Waals surface area contributed by atoms with E-state index in [1.54, 1.807) is 0 Å². The van der Waals surface area contributed by atoms with Crippen molar-refractivity contribution in [3.63, 3.8) is 0 Å². The van der Waals surface area contributed by atoms with Crippen molar-refractivity contribution < 1.29 is 37.5 Å². The largest absolute Gasteiger partial charge is 1.00 e.